The first-order chi connectivity index (χ1) is 8.78. The first kappa shape index (κ1) is 11.1. The van der Waals surface area contributed by atoms with Gasteiger partial charge >= 0.3 is 0 Å². The van der Waals surface area contributed by atoms with Crippen LogP contribution >= 0.6 is 22.9 Å². The minimum atomic E-state index is 0.653. The number of benzene rings is 1. The maximum Gasteiger partial charge on any atom is 0.184 e. The average Bonchev–Trinajstić information content (AvgIpc) is 3.02. The third-order valence-corrected chi connectivity index (χ3v) is 5.58. The molecular formula is C14H15ClN2S. The molecule has 2 aliphatic carbocycles. The van der Waals surface area contributed by atoms with Crippen LogP contribution in [0.1, 0.15) is 25.7 Å². The summed E-state index contributed by atoms with van der Waals surface area (Å²) in [6, 6.07) is 6.56. The quantitative estimate of drug-likeness (QED) is 0.872. The Kier molecular flexibility index (Phi) is 2.52. The van der Waals surface area contributed by atoms with Gasteiger partial charge in [0.05, 0.1) is 10.2 Å². The Morgan fingerprint density at radius 2 is 2.22 bits per heavy atom. The Bertz CT molecular complexity index is 594. The molecule has 2 nitrogen and oxygen atoms in total. The van der Waals surface area contributed by atoms with Crippen molar-refractivity contribution < 1.29 is 0 Å². The van der Waals surface area contributed by atoms with Crippen molar-refractivity contribution in [2.75, 3.05) is 5.32 Å². The fraction of sp³-hybridized carbons (Fsp3) is 0.500. The van der Waals surface area contributed by atoms with Gasteiger partial charge < -0.3 is 5.32 Å². The van der Waals surface area contributed by atoms with Crippen LogP contribution in [0.2, 0.25) is 5.02 Å². The highest BCUT2D eigenvalue weighted by Gasteiger charge is 2.39. The lowest BCUT2D eigenvalue weighted by Crippen LogP contribution is -2.25. The molecule has 1 heterocycles. The number of rotatable bonds is 2. The first-order valence-corrected chi connectivity index (χ1v) is 7.80. The molecule has 0 spiro atoms. The van der Waals surface area contributed by atoms with E-state index in [9.17, 15) is 0 Å². The number of nitrogens with one attached hydrogen (secondary N) is 1. The zero-order chi connectivity index (χ0) is 12.1. The molecule has 4 rings (SSSR count). The Morgan fingerprint density at radius 3 is 3.00 bits per heavy atom. The number of aromatic nitrogens is 1. The largest absolute Gasteiger partial charge is 0.358 e. The molecule has 1 aromatic carbocycles. The van der Waals surface area contributed by atoms with E-state index in [2.05, 4.69) is 10.3 Å². The van der Waals surface area contributed by atoms with E-state index in [1.54, 1.807) is 11.3 Å². The molecule has 0 amide bonds. The van der Waals surface area contributed by atoms with Crippen LogP contribution in [0.3, 0.4) is 0 Å². The molecule has 3 unspecified atom stereocenters. The minimum Gasteiger partial charge on any atom is -0.358 e. The molecule has 2 aromatic rings. The van der Waals surface area contributed by atoms with Gasteiger partial charge in [0.15, 0.2) is 5.13 Å². The smallest absolute Gasteiger partial charge is 0.184 e. The van der Waals surface area contributed by atoms with E-state index in [1.165, 1.54) is 30.4 Å². The van der Waals surface area contributed by atoms with Crippen LogP contribution in [0, 0.1) is 11.8 Å². The SMILES string of the molecule is Clc1ccc2nc(NC3CC4CCC3C4)sc2c1. The Morgan fingerprint density at radius 1 is 1.28 bits per heavy atom. The highest BCUT2D eigenvalue weighted by Crippen LogP contribution is 2.46. The molecule has 2 aliphatic rings. The molecule has 2 bridgehead atoms. The normalized spacial score (nSPS) is 30.2. The standard InChI is InChI=1S/C14H15ClN2S/c15-10-3-4-11-13(7-10)18-14(16-11)17-12-6-8-1-2-9(12)5-8/h3-4,7-9,12H,1-2,5-6H2,(H,16,17). The second-order valence-corrected chi connectivity index (χ2v) is 7.02. The van der Waals surface area contributed by atoms with Gasteiger partial charge in [-0.25, -0.2) is 4.98 Å². The van der Waals surface area contributed by atoms with Gasteiger partial charge in [0, 0.05) is 11.1 Å². The summed E-state index contributed by atoms with van der Waals surface area (Å²) < 4.78 is 1.17. The zero-order valence-electron chi connectivity index (χ0n) is 10.0. The summed E-state index contributed by atoms with van der Waals surface area (Å²) in [6.07, 6.45) is 5.60. The van der Waals surface area contributed by atoms with Gasteiger partial charge in [-0.05, 0) is 49.3 Å². The molecule has 2 saturated carbocycles. The van der Waals surface area contributed by atoms with E-state index < -0.39 is 0 Å². The number of anilines is 1. The second-order valence-electron chi connectivity index (χ2n) is 5.56. The monoisotopic (exact) mass is 278 g/mol. The van der Waals surface area contributed by atoms with E-state index in [1.807, 2.05) is 18.2 Å². The molecule has 2 fully saturated rings. The van der Waals surface area contributed by atoms with Gasteiger partial charge in [-0.1, -0.05) is 29.4 Å². The van der Waals surface area contributed by atoms with E-state index in [0.29, 0.717) is 6.04 Å². The van der Waals surface area contributed by atoms with Crippen LogP contribution in [0.25, 0.3) is 10.2 Å². The number of thiazole rings is 1. The zero-order valence-corrected chi connectivity index (χ0v) is 11.6. The van der Waals surface area contributed by atoms with Gasteiger partial charge in [-0.15, -0.1) is 0 Å². The Hall–Kier alpha value is -0.800. The van der Waals surface area contributed by atoms with Crippen LogP contribution in [-0.2, 0) is 0 Å². The Labute approximate surface area is 115 Å². The van der Waals surface area contributed by atoms with Gasteiger partial charge in [0.1, 0.15) is 0 Å². The van der Waals surface area contributed by atoms with E-state index in [-0.39, 0.29) is 0 Å². The highest BCUT2D eigenvalue weighted by atomic mass is 35.5. The third kappa shape index (κ3) is 1.81. The number of halogens is 1. The molecule has 0 radical (unpaired) electrons. The lowest BCUT2D eigenvalue weighted by molar-refractivity contribution is 0.439. The predicted molar refractivity (Wildman–Crippen MR) is 77.5 cm³/mol. The van der Waals surface area contributed by atoms with Crippen molar-refractivity contribution in [2.45, 2.75) is 31.7 Å². The van der Waals surface area contributed by atoms with Crippen molar-refractivity contribution in [3.63, 3.8) is 0 Å². The van der Waals surface area contributed by atoms with Crippen molar-refractivity contribution in [3.05, 3.63) is 23.2 Å². The van der Waals surface area contributed by atoms with Gasteiger partial charge in [0.25, 0.3) is 0 Å². The maximum absolute atomic E-state index is 6.01. The highest BCUT2D eigenvalue weighted by molar-refractivity contribution is 7.22. The lowest BCUT2D eigenvalue weighted by atomic mass is 9.96. The van der Waals surface area contributed by atoms with Crippen LogP contribution in [0.15, 0.2) is 18.2 Å². The molecule has 1 N–H and O–H groups in total. The molecule has 4 heteroatoms. The molecule has 3 atom stereocenters. The molecule has 94 valence electrons. The minimum absolute atomic E-state index is 0.653. The van der Waals surface area contributed by atoms with Gasteiger partial charge in [0.2, 0.25) is 0 Å². The van der Waals surface area contributed by atoms with E-state index in [4.69, 9.17) is 11.6 Å². The summed E-state index contributed by atoms with van der Waals surface area (Å²) in [4.78, 5) is 4.65. The molecule has 0 aliphatic heterocycles. The summed E-state index contributed by atoms with van der Waals surface area (Å²) in [5, 5.41) is 5.49. The average molecular weight is 279 g/mol. The van der Waals surface area contributed by atoms with Gasteiger partial charge in [-0.2, -0.15) is 0 Å². The van der Waals surface area contributed by atoms with Crippen molar-refractivity contribution in [1.82, 2.24) is 4.98 Å². The fourth-order valence-corrected chi connectivity index (χ4v) is 4.74. The number of hydrogen-bond acceptors (Lipinski definition) is 3. The Balaban J connectivity index is 1.59. The third-order valence-electron chi connectivity index (χ3n) is 4.40. The van der Waals surface area contributed by atoms with Crippen molar-refractivity contribution in [2.24, 2.45) is 11.8 Å². The number of fused-ring (bicyclic) bond motifs is 3. The van der Waals surface area contributed by atoms with Crippen LogP contribution in [0.4, 0.5) is 5.13 Å². The summed E-state index contributed by atoms with van der Waals surface area (Å²) in [5.41, 5.74) is 1.05. The second kappa shape index (κ2) is 4.10. The topological polar surface area (TPSA) is 24.9 Å². The molecule has 1 aromatic heterocycles. The van der Waals surface area contributed by atoms with E-state index >= 15 is 0 Å². The van der Waals surface area contributed by atoms with Crippen LogP contribution < -0.4 is 5.32 Å². The van der Waals surface area contributed by atoms with Crippen molar-refractivity contribution in [3.8, 4) is 0 Å². The van der Waals surface area contributed by atoms with Crippen LogP contribution in [-0.4, -0.2) is 11.0 Å². The number of hydrogen-bond donors (Lipinski definition) is 1. The molecule has 0 saturated heterocycles. The summed E-state index contributed by atoms with van der Waals surface area (Å²) >= 11 is 7.73. The summed E-state index contributed by atoms with van der Waals surface area (Å²) in [6.45, 7) is 0. The maximum atomic E-state index is 6.01. The van der Waals surface area contributed by atoms with E-state index in [0.717, 1.165) is 27.5 Å². The summed E-state index contributed by atoms with van der Waals surface area (Å²) in [5.74, 6) is 1.85. The number of nitrogens with zero attached hydrogens (tertiary/aromatic N) is 1. The molecular weight excluding hydrogens is 264 g/mol. The summed E-state index contributed by atoms with van der Waals surface area (Å²) in [7, 11) is 0. The first-order valence-electron chi connectivity index (χ1n) is 6.60. The van der Waals surface area contributed by atoms with Crippen molar-refractivity contribution >= 4 is 38.3 Å². The molecule has 18 heavy (non-hydrogen) atoms. The van der Waals surface area contributed by atoms with Crippen LogP contribution in [0.5, 0.6) is 0 Å². The van der Waals surface area contributed by atoms with Gasteiger partial charge in [-0.3, -0.25) is 0 Å². The lowest BCUT2D eigenvalue weighted by Gasteiger charge is -2.22. The van der Waals surface area contributed by atoms with Crippen molar-refractivity contribution in [1.29, 1.82) is 0 Å². The predicted octanol–water partition coefficient (Wildman–Crippen LogP) is 4.55. The fourth-order valence-electron chi connectivity index (χ4n) is 3.54.